The van der Waals surface area contributed by atoms with Crippen molar-refractivity contribution < 1.29 is 18.8 Å². The molecule has 1 fully saturated rings. The third-order valence-corrected chi connectivity index (χ3v) is 3.82. The predicted octanol–water partition coefficient (Wildman–Crippen LogP) is -0.120. The van der Waals surface area contributed by atoms with Crippen molar-refractivity contribution in [1.82, 2.24) is 10.1 Å². The molecule has 20 heavy (non-hydrogen) atoms. The molecule has 7 nitrogen and oxygen atoms in total. The van der Waals surface area contributed by atoms with E-state index in [1.54, 1.807) is 4.90 Å². The van der Waals surface area contributed by atoms with Crippen LogP contribution in [0.3, 0.4) is 0 Å². The number of fused-ring (bicyclic) bond motifs is 1. The number of nitrogens with zero attached hydrogens (tertiary/aromatic N) is 2. The molecule has 1 aromatic heterocycles. The number of amides is 2. The molecule has 1 aromatic rings. The number of carbonyl (C=O) groups excluding carboxylic acids is 2. The Morgan fingerprint density at radius 2 is 2.10 bits per heavy atom. The van der Waals surface area contributed by atoms with Crippen molar-refractivity contribution in [2.75, 3.05) is 19.7 Å². The monoisotopic (exact) mass is 279 g/mol. The molecule has 7 heteroatoms. The molecule has 2 N–H and O–H groups in total. The van der Waals surface area contributed by atoms with Crippen molar-refractivity contribution in [3.05, 3.63) is 17.0 Å². The topological polar surface area (TPSA) is 98.7 Å². The van der Waals surface area contributed by atoms with Gasteiger partial charge in [-0.05, 0) is 19.3 Å². The van der Waals surface area contributed by atoms with Crippen LogP contribution in [0, 0.1) is 0 Å². The highest BCUT2D eigenvalue weighted by molar-refractivity contribution is 5.94. The van der Waals surface area contributed by atoms with Gasteiger partial charge in [0.25, 0.3) is 5.91 Å². The van der Waals surface area contributed by atoms with Gasteiger partial charge in [-0.25, -0.2) is 0 Å². The minimum absolute atomic E-state index is 0.176. The van der Waals surface area contributed by atoms with E-state index in [1.165, 1.54) is 0 Å². The van der Waals surface area contributed by atoms with Crippen molar-refractivity contribution in [1.29, 1.82) is 0 Å². The molecule has 1 saturated heterocycles. The quantitative estimate of drug-likeness (QED) is 0.813. The second-order valence-electron chi connectivity index (χ2n) is 5.15. The zero-order chi connectivity index (χ0) is 14.1. The van der Waals surface area contributed by atoms with Gasteiger partial charge < -0.3 is 19.9 Å². The summed E-state index contributed by atoms with van der Waals surface area (Å²) in [5.41, 5.74) is 6.52. The van der Waals surface area contributed by atoms with Crippen molar-refractivity contribution in [2.45, 2.75) is 31.8 Å². The molecule has 1 unspecified atom stereocenters. The van der Waals surface area contributed by atoms with E-state index in [1.807, 2.05) is 0 Å². The number of morpholine rings is 1. The van der Waals surface area contributed by atoms with Gasteiger partial charge in [0.1, 0.15) is 5.76 Å². The van der Waals surface area contributed by atoms with E-state index in [9.17, 15) is 9.59 Å². The lowest BCUT2D eigenvalue weighted by Gasteiger charge is -2.31. The number of aryl methyl sites for hydroxylation is 1. The molecule has 0 bridgehead atoms. The average Bonchev–Trinajstić information content (AvgIpc) is 2.90. The number of primary amides is 1. The Hall–Kier alpha value is -1.89. The van der Waals surface area contributed by atoms with E-state index in [0.717, 1.165) is 37.0 Å². The maximum absolute atomic E-state index is 12.5. The van der Waals surface area contributed by atoms with Crippen LogP contribution in [-0.4, -0.2) is 47.7 Å². The minimum atomic E-state index is -0.740. The molecule has 2 heterocycles. The molecule has 1 atom stereocenters. The van der Waals surface area contributed by atoms with Gasteiger partial charge in [-0.3, -0.25) is 9.59 Å². The van der Waals surface area contributed by atoms with E-state index in [4.69, 9.17) is 15.0 Å². The van der Waals surface area contributed by atoms with Crippen molar-refractivity contribution in [3.63, 3.8) is 0 Å². The van der Waals surface area contributed by atoms with E-state index >= 15 is 0 Å². The fraction of sp³-hybridized carbons (Fsp3) is 0.615. The van der Waals surface area contributed by atoms with Crippen LogP contribution in [0.5, 0.6) is 0 Å². The second kappa shape index (κ2) is 5.24. The van der Waals surface area contributed by atoms with Crippen LogP contribution in [0.2, 0.25) is 0 Å². The van der Waals surface area contributed by atoms with E-state index in [2.05, 4.69) is 5.16 Å². The van der Waals surface area contributed by atoms with Gasteiger partial charge in [0.15, 0.2) is 11.8 Å². The molecular weight excluding hydrogens is 262 g/mol. The van der Waals surface area contributed by atoms with Crippen molar-refractivity contribution in [2.24, 2.45) is 5.73 Å². The predicted molar refractivity (Wildman–Crippen MR) is 68.0 cm³/mol. The number of carbonyl (C=O) groups is 2. The molecule has 0 aromatic carbocycles. The summed E-state index contributed by atoms with van der Waals surface area (Å²) in [6, 6.07) is 0. The van der Waals surface area contributed by atoms with Crippen LogP contribution in [0.25, 0.3) is 0 Å². The molecular formula is C13H17N3O4. The van der Waals surface area contributed by atoms with E-state index in [-0.39, 0.29) is 12.5 Å². The SMILES string of the molecule is NC(=O)C1CN(C(=O)c2noc3c2CCCC3)CCO1. The lowest BCUT2D eigenvalue weighted by Crippen LogP contribution is -2.50. The summed E-state index contributed by atoms with van der Waals surface area (Å²) in [5, 5.41) is 3.92. The summed E-state index contributed by atoms with van der Waals surface area (Å²) in [5.74, 6) is 0.0652. The standard InChI is InChI=1S/C13H17N3O4/c14-12(17)10-7-16(5-6-19-10)13(18)11-8-3-1-2-4-9(8)20-15-11/h10H,1-7H2,(H2,14,17). The van der Waals surface area contributed by atoms with Crippen molar-refractivity contribution >= 4 is 11.8 Å². The maximum atomic E-state index is 12.5. The van der Waals surface area contributed by atoms with Gasteiger partial charge in [0.2, 0.25) is 5.91 Å². The first kappa shape index (κ1) is 13.1. The normalized spacial score (nSPS) is 22.4. The van der Waals surface area contributed by atoms with Gasteiger partial charge in [-0.15, -0.1) is 0 Å². The molecule has 3 rings (SSSR count). The summed E-state index contributed by atoms with van der Waals surface area (Å²) in [4.78, 5) is 25.2. The third-order valence-electron chi connectivity index (χ3n) is 3.82. The number of ether oxygens (including phenoxy) is 1. The Kier molecular flexibility index (Phi) is 3.43. The highest BCUT2D eigenvalue weighted by Gasteiger charge is 2.32. The number of hydrogen-bond acceptors (Lipinski definition) is 5. The van der Waals surface area contributed by atoms with Crippen LogP contribution in [-0.2, 0) is 22.4 Å². The summed E-state index contributed by atoms with van der Waals surface area (Å²) in [7, 11) is 0. The Balaban J connectivity index is 1.78. The number of aromatic nitrogens is 1. The van der Waals surface area contributed by atoms with Gasteiger partial charge >= 0.3 is 0 Å². The van der Waals surface area contributed by atoms with Crippen LogP contribution in [0.1, 0.15) is 34.7 Å². The first-order valence-corrected chi connectivity index (χ1v) is 6.84. The Morgan fingerprint density at radius 3 is 2.90 bits per heavy atom. The summed E-state index contributed by atoms with van der Waals surface area (Å²) in [6.45, 7) is 0.916. The molecule has 0 spiro atoms. The summed E-state index contributed by atoms with van der Waals surface area (Å²) >= 11 is 0. The number of nitrogens with two attached hydrogens (primary N) is 1. The lowest BCUT2D eigenvalue weighted by molar-refractivity contribution is -0.133. The van der Waals surface area contributed by atoms with Gasteiger partial charge in [0.05, 0.1) is 13.2 Å². The molecule has 1 aliphatic carbocycles. The maximum Gasteiger partial charge on any atom is 0.276 e. The molecule has 0 radical (unpaired) electrons. The largest absolute Gasteiger partial charge is 0.367 e. The van der Waals surface area contributed by atoms with E-state index < -0.39 is 12.0 Å². The van der Waals surface area contributed by atoms with Crippen LogP contribution >= 0.6 is 0 Å². The van der Waals surface area contributed by atoms with E-state index in [0.29, 0.717) is 18.8 Å². The Bertz CT molecular complexity index is 540. The average molecular weight is 279 g/mol. The number of rotatable bonds is 2. The molecule has 0 saturated carbocycles. The van der Waals surface area contributed by atoms with Crippen LogP contribution in [0.15, 0.2) is 4.52 Å². The summed E-state index contributed by atoms with van der Waals surface area (Å²) < 4.78 is 10.5. The molecule has 2 aliphatic rings. The highest BCUT2D eigenvalue weighted by Crippen LogP contribution is 2.25. The van der Waals surface area contributed by atoms with Crippen molar-refractivity contribution in [3.8, 4) is 0 Å². The van der Waals surface area contributed by atoms with Gasteiger partial charge in [-0.1, -0.05) is 5.16 Å². The Morgan fingerprint density at radius 1 is 1.30 bits per heavy atom. The van der Waals surface area contributed by atoms with Crippen LogP contribution < -0.4 is 5.73 Å². The zero-order valence-corrected chi connectivity index (χ0v) is 11.1. The zero-order valence-electron chi connectivity index (χ0n) is 11.1. The molecule has 108 valence electrons. The Labute approximate surface area is 116 Å². The highest BCUT2D eigenvalue weighted by atomic mass is 16.5. The summed E-state index contributed by atoms with van der Waals surface area (Å²) in [6.07, 6.45) is 3.03. The number of hydrogen-bond donors (Lipinski definition) is 1. The molecule has 1 aliphatic heterocycles. The molecule has 2 amide bonds. The second-order valence-corrected chi connectivity index (χ2v) is 5.15. The fourth-order valence-corrected chi connectivity index (χ4v) is 2.71. The minimum Gasteiger partial charge on any atom is -0.367 e. The first-order valence-electron chi connectivity index (χ1n) is 6.84. The van der Waals surface area contributed by atoms with Crippen LogP contribution in [0.4, 0.5) is 0 Å². The van der Waals surface area contributed by atoms with Gasteiger partial charge in [-0.2, -0.15) is 0 Å². The third kappa shape index (κ3) is 2.29. The van der Waals surface area contributed by atoms with Gasteiger partial charge in [0, 0.05) is 18.5 Å². The lowest BCUT2D eigenvalue weighted by atomic mass is 9.96. The smallest absolute Gasteiger partial charge is 0.276 e. The first-order chi connectivity index (χ1) is 9.66. The fourth-order valence-electron chi connectivity index (χ4n) is 2.71.